The van der Waals surface area contributed by atoms with Crippen molar-refractivity contribution >= 4 is 22.6 Å². The lowest BCUT2D eigenvalue weighted by molar-refractivity contribution is 0.0529. The Kier molecular flexibility index (Phi) is 5.81. The fourth-order valence-electron chi connectivity index (χ4n) is 3.62. The maximum absolute atomic E-state index is 12.8. The molecule has 0 spiro atoms. The van der Waals surface area contributed by atoms with Gasteiger partial charge in [0, 0.05) is 31.2 Å². The Morgan fingerprint density at radius 2 is 2.17 bits per heavy atom. The summed E-state index contributed by atoms with van der Waals surface area (Å²) in [4.78, 5) is 24.1. The number of benzene rings is 1. The SMILES string of the molecule is COc1ccc2nc(C)c(C(=O)NCc3ccc(N4CCO[C@@H](C)C4)nc3)cc2c1. The molecule has 1 aliphatic rings. The van der Waals surface area contributed by atoms with Crippen molar-refractivity contribution in [2.24, 2.45) is 0 Å². The zero-order chi connectivity index (χ0) is 21.1. The highest BCUT2D eigenvalue weighted by Crippen LogP contribution is 2.22. The van der Waals surface area contributed by atoms with Gasteiger partial charge >= 0.3 is 0 Å². The summed E-state index contributed by atoms with van der Waals surface area (Å²) in [6.07, 6.45) is 2.02. The molecule has 156 valence electrons. The van der Waals surface area contributed by atoms with Gasteiger partial charge in [0.2, 0.25) is 0 Å². The summed E-state index contributed by atoms with van der Waals surface area (Å²) < 4.78 is 10.9. The van der Waals surface area contributed by atoms with E-state index in [1.807, 2.05) is 49.5 Å². The number of amides is 1. The van der Waals surface area contributed by atoms with Gasteiger partial charge in [0.1, 0.15) is 11.6 Å². The molecule has 7 nitrogen and oxygen atoms in total. The van der Waals surface area contributed by atoms with E-state index in [0.29, 0.717) is 24.4 Å². The number of aromatic nitrogens is 2. The van der Waals surface area contributed by atoms with E-state index in [1.54, 1.807) is 7.11 Å². The van der Waals surface area contributed by atoms with Crippen LogP contribution in [0.5, 0.6) is 5.75 Å². The minimum atomic E-state index is -0.157. The van der Waals surface area contributed by atoms with Crippen LogP contribution in [-0.4, -0.2) is 48.8 Å². The van der Waals surface area contributed by atoms with E-state index >= 15 is 0 Å². The second-order valence-corrected chi connectivity index (χ2v) is 7.51. The molecule has 0 radical (unpaired) electrons. The van der Waals surface area contributed by atoms with E-state index in [0.717, 1.165) is 41.1 Å². The predicted molar refractivity (Wildman–Crippen MR) is 116 cm³/mol. The first-order valence-corrected chi connectivity index (χ1v) is 10.1. The molecule has 3 heterocycles. The van der Waals surface area contributed by atoms with Crippen molar-refractivity contribution in [3.05, 3.63) is 59.4 Å². The molecule has 1 fully saturated rings. The number of rotatable bonds is 5. The van der Waals surface area contributed by atoms with Crippen molar-refractivity contribution in [1.82, 2.24) is 15.3 Å². The number of hydrogen-bond acceptors (Lipinski definition) is 6. The normalized spacial score (nSPS) is 16.5. The topological polar surface area (TPSA) is 76.6 Å². The number of anilines is 1. The lowest BCUT2D eigenvalue weighted by Crippen LogP contribution is -2.41. The van der Waals surface area contributed by atoms with Crippen LogP contribution in [0.25, 0.3) is 10.9 Å². The number of morpholine rings is 1. The molecule has 2 aromatic heterocycles. The molecule has 1 aliphatic heterocycles. The van der Waals surface area contributed by atoms with Crippen molar-refractivity contribution in [3.8, 4) is 5.75 Å². The van der Waals surface area contributed by atoms with Crippen LogP contribution in [0, 0.1) is 6.92 Å². The van der Waals surface area contributed by atoms with Crippen LogP contribution in [0.3, 0.4) is 0 Å². The number of carbonyl (C=O) groups excluding carboxylic acids is 1. The van der Waals surface area contributed by atoms with Crippen LogP contribution in [0.1, 0.15) is 28.5 Å². The van der Waals surface area contributed by atoms with Gasteiger partial charge < -0.3 is 19.7 Å². The number of nitrogens with one attached hydrogen (secondary N) is 1. The molecule has 0 bridgehead atoms. The summed E-state index contributed by atoms with van der Waals surface area (Å²) >= 11 is 0. The first-order chi connectivity index (χ1) is 14.5. The Hall–Kier alpha value is -3.19. The number of nitrogens with zero attached hydrogens (tertiary/aromatic N) is 3. The summed E-state index contributed by atoms with van der Waals surface area (Å²) in [7, 11) is 1.62. The number of hydrogen-bond donors (Lipinski definition) is 1. The van der Waals surface area contributed by atoms with Crippen LogP contribution >= 0.6 is 0 Å². The summed E-state index contributed by atoms with van der Waals surface area (Å²) in [5.74, 6) is 1.51. The average Bonchev–Trinajstić information content (AvgIpc) is 2.77. The second kappa shape index (κ2) is 8.67. The minimum Gasteiger partial charge on any atom is -0.497 e. The molecule has 3 aromatic rings. The standard InChI is InChI=1S/C23H26N4O3/c1-15-14-27(8-9-30-15)22-7-4-17(12-24-22)13-25-23(28)20-11-18-10-19(29-3)5-6-21(18)26-16(20)2/h4-7,10-12,15H,8-9,13-14H2,1-3H3,(H,25,28)/t15-/m0/s1. The third kappa shape index (κ3) is 4.36. The number of fused-ring (bicyclic) bond motifs is 1. The van der Waals surface area contributed by atoms with E-state index in [-0.39, 0.29) is 12.0 Å². The molecule has 0 saturated carbocycles. The smallest absolute Gasteiger partial charge is 0.253 e. The van der Waals surface area contributed by atoms with Crippen molar-refractivity contribution in [2.75, 3.05) is 31.7 Å². The van der Waals surface area contributed by atoms with Crippen LogP contribution < -0.4 is 15.0 Å². The highest BCUT2D eigenvalue weighted by atomic mass is 16.5. The van der Waals surface area contributed by atoms with Crippen molar-refractivity contribution < 1.29 is 14.3 Å². The zero-order valence-electron chi connectivity index (χ0n) is 17.5. The number of ether oxygens (including phenoxy) is 2. The van der Waals surface area contributed by atoms with Gasteiger partial charge in [-0.05, 0) is 49.7 Å². The number of carbonyl (C=O) groups is 1. The van der Waals surface area contributed by atoms with Crippen LogP contribution in [-0.2, 0) is 11.3 Å². The third-order valence-corrected chi connectivity index (χ3v) is 5.28. The molecule has 1 atom stereocenters. The molecular formula is C23H26N4O3. The van der Waals surface area contributed by atoms with E-state index in [4.69, 9.17) is 9.47 Å². The Morgan fingerprint density at radius 1 is 1.30 bits per heavy atom. The van der Waals surface area contributed by atoms with Crippen molar-refractivity contribution in [3.63, 3.8) is 0 Å². The van der Waals surface area contributed by atoms with E-state index in [1.165, 1.54) is 0 Å². The summed E-state index contributed by atoms with van der Waals surface area (Å²) in [5.41, 5.74) is 3.03. The van der Waals surface area contributed by atoms with Gasteiger partial charge in [0.25, 0.3) is 5.91 Å². The molecule has 1 saturated heterocycles. The Morgan fingerprint density at radius 3 is 2.90 bits per heavy atom. The first kappa shape index (κ1) is 20.1. The number of aryl methyl sites for hydroxylation is 1. The Labute approximate surface area is 176 Å². The first-order valence-electron chi connectivity index (χ1n) is 10.1. The predicted octanol–water partition coefficient (Wildman–Crippen LogP) is 3.10. The van der Waals surface area contributed by atoms with Gasteiger partial charge in [-0.2, -0.15) is 0 Å². The molecule has 0 aliphatic carbocycles. The fraction of sp³-hybridized carbons (Fsp3) is 0.348. The molecule has 30 heavy (non-hydrogen) atoms. The van der Waals surface area contributed by atoms with Gasteiger partial charge in [-0.3, -0.25) is 9.78 Å². The maximum Gasteiger partial charge on any atom is 0.253 e. The Balaban J connectivity index is 1.43. The molecule has 1 amide bonds. The van der Waals surface area contributed by atoms with Crippen molar-refractivity contribution in [2.45, 2.75) is 26.5 Å². The largest absolute Gasteiger partial charge is 0.497 e. The summed E-state index contributed by atoms with van der Waals surface area (Å²) in [5, 5.41) is 3.84. The quantitative estimate of drug-likeness (QED) is 0.702. The third-order valence-electron chi connectivity index (χ3n) is 5.28. The molecule has 0 unspecified atom stereocenters. The summed E-state index contributed by atoms with van der Waals surface area (Å²) in [6, 6.07) is 11.5. The lowest BCUT2D eigenvalue weighted by Gasteiger charge is -2.32. The Bertz CT molecular complexity index is 1050. The van der Waals surface area contributed by atoms with Gasteiger partial charge in [-0.15, -0.1) is 0 Å². The molecule has 1 N–H and O–H groups in total. The van der Waals surface area contributed by atoms with E-state index in [9.17, 15) is 4.79 Å². The van der Waals surface area contributed by atoms with Gasteiger partial charge in [0.15, 0.2) is 0 Å². The van der Waals surface area contributed by atoms with Crippen LogP contribution in [0.15, 0.2) is 42.6 Å². The molecular weight excluding hydrogens is 380 g/mol. The molecule has 1 aromatic carbocycles. The molecule has 7 heteroatoms. The monoisotopic (exact) mass is 406 g/mol. The average molecular weight is 406 g/mol. The molecule has 4 rings (SSSR count). The lowest BCUT2D eigenvalue weighted by atomic mass is 10.1. The highest BCUT2D eigenvalue weighted by molar-refractivity contribution is 5.98. The fourth-order valence-corrected chi connectivity index (χ4v) is 3.62. The van der Waals surface area contributed by atoms with Crippen LogP contribution in [0.2, 0.25) is 0 Å². The second-order valence-electron chi connectivity index (χ2n) is 7.51. The summed E-state index contributed by atoms with van der Waals surface area (Å²) in [6.45, 7) is 6.70. The van der Waals surface area contributed by atoms with E-state index in [2.05, 4.69) is 27.1 Å². The van der Waals surface area contributed by atoms with Gasteiger partial charge in [-0.1, -0.05) is 6.07 Å². The number of methoxy groups -OCH3 is 1. The minimum absolute atomic E-state index is 0.157. The highest BCUT2D eigenvalue weighted by Gasteiger charge is 2.18. The zero-order valence-corrected chi connectivity index (χ0v) is 17.5. The number of pyridine rings is 2. The van der Waals surface area contributed by atoms with E-state index < -0.39 is 0 Å². The maximum atomic E-state index is 12.8. The van der Waals surface area contributed by atoms with Gasteiger partial charge in [-0.25, -0.2) is 4.98 Å². The van der Waals surface area contributed by atoms with Crippen LogP contribution in [0.4, 0.5) is 5.82 Å². The van der Waals surface area contributed by atoms with Crippen molar-refractivity contribution in [1.29, 1.82) is 0 Å². The van der Waals surface area contributed by atoms with Gasteiger partial charge in [0.05, 0.1) is 36.6 Å².